The van der Waals surface area contributed by atoms with Gasteiger partial charge in [0.05, 0.1) is 0 Å². The monoisotopic (exact) mass is 240 g/mol. The fourth-order valence-corrected chi connectivity index (χ4v) is 3.40. The Balaban J connectivity index is 2.64. The molecule has 0 spiro atoms. The van der Waals surface area contributed by atoms with Gasteiger partial charge in [0.1, 0.15) is 0 Å². The topological polar surface area (TPSA) is 29.3 Å². The van der Waals surface area contributed by atoms with E-state index in [1.807, 2.05) is 0 Å². The van der Waals surface area contributed by atoms with Crippen molar-refractivity contribution in [1.82, 2.24) is 4.90 Å². The standard InChI is InChI=1S/C15H32N2/c1-5-15(6-2,17(7-3)8-4)14(16)12-11-13-9-10-13/h13-14H,5-12,16H2,1-4H3. The van der Waals surface area contributed by atoms with Gasteiger partial charge in [-0.15, -0.1) is 0 Å². The molecule has 0 amide bonds. The second-order valence-corrected chi connectivity index (χ2v) is 5.61. The van der Waals surface area contributed by atoms with E-state index in [2.05, 4.69) is 32.6 Å². The van der Waals surface area contributed by atoms with Gasteiger partial charge in [-0.05, 0) is 44.7 Å². The third-order valence-corrected chi connectivity index (χ3v) is 4.89. The van der Waals surface area contributed by atoms with E-state index in [1.165, 1.54) is 38.5 Å². The first kappa shape index (κ1) is 15.0. The van der Waals surface area contributed by atoms with Crippen LogP contribution in [0.2, 0.25) is 0 Å². The molecule has 0 aromatic carbocycles. The van der Waals surface area contributed by atoms with Gasteiger partial charge in [-0.1, -0.05) is 40.5 Å². The zero-order chi connectivity index (χ0) is 12.9. The maximum Gasteiger partial charge on any atom is 0.0354 e. The Kier molecular flexibility index (Phi) is 5.94. The molecular weight excluding hydrogens is 208 g/mol. The molecular formula is C15H32N2. The van der Waals surface area contributed by atoms with Gasteiger partial charge in [0.25, 0.3) is 0 Å². The molecule has 1 aliphatic rings. The predicted octanol–water partition coefficient (Wildman–Crippen LogP) is 3.40. The van der Waals surface area contributed by atoms with Crippen LogP contribution in [-0.4, -0.2) is 29.6 Å². The first-order valence-electron chi connectivity index (χ1n) is 7.65. The molecule has 1 atom stereocenters. The Labute approximate surface area is 108 Å². The van der Waals surface area contributed by atoms with E-state index in [9.17, 15) is 0 Å². The Hall–Kier alpha value is -0.0800. The number of hydrogen-bond donors (Lipinski definition) is 1. The molecule has 0 saturated heterocycles. The molecule has 17 heavy (non-hydrogen) atoms. The second-order valence-electron chi connectivity index (χ2n) is 5.61. The van der Waals surface area contributed by atoms with E-state index in [4.69, 9.17) is 5.73 Å². The van der Waals surface area contributed by atoms with Gasteiger partial charge in [0.15, 0.2) is 0 Å². The molecule has 2 heteroatoms. The SMILES string of the molecule is CCN(CC)C(CC)(CC)C(N)CCC1CC1. The highest BCUT2D eigenvalue weighted by atomic mass is 15.2. The van der Waals surface area contributed by atoms with Gasteiger partial charge in [-0.25, -0.2) is 0 Å². The van der Waals surface area contributed by atoms with Crippen LogP contribution >= 0.6 is 0 Å². The minimum absolute atomic E-state index is 0.235. The van der Waals surface area contributed by atoms with E-state index < -0.39 is 0 Å². The highest BCUT2D eigenvalue weighted by molar-refractivity contribution is 4.97. The molecule has 0 bridgehead atoms. The summed E-state index contributed by atoms with van der Waals surface area (Å²) in [7, 11) is 0. The van der Waals surface area contributed by atoms with E-state index in [0.29, 0.717) is 6.04 Å². The van der Waals surface area contributed by atoms with Crippen LogP contribution in [0.1, 0.15) is 66.2 Å². The fraction of sp³-hybridized carbons (Fsp3) is 1.00. The van der Waals surface area contributed by atoms with Crippen molar-refractivity contribution in [3.63, 3.8) is 0 Å². The normalized spacial score (nSPS) is 18.7. The second kappa shape index (κ2) is 6.75. The summed E-state index contributed by atoms with van der Waals surface area (Å²) in [5.74, 6) is 1.00. The summed E-state index contributed by atoms with van der Waals surface area (Å²) in [5.41, 5.74) is 6.79. The summed E-state index contributed by atoms with van der Waals surface area (Å²) in [5, 5.41) is 0. The largest absolute Gasteiger partial charge is 0.326 e. The lowest BCUT2D eigenvalue weighted by molar-refractivity contribution is 0.0588. The molecule has 0 heterocycles. The molecule has 1 rings (SSSR count). The van der Waals surface area contributed by atoms with Gasteiger partial charge in [-0.3, -0.25) is 4.90 Å². The van der Waals surface area contributed by atoms with E-state index in [-0.39, 0.29) is 5.54 Å². The summed E-state index contributed by atoms with van der Waals surface area (Å²) in [6.45, 7) is 11.4. The van der Waals surface area contributed by atoms with Crippen LogP contribution in [0.5, 0.6) is 0 Å². The molecule has 0 radical (unpaired) electrons. The predicted molar refractivity (Wildman–Crippen MR) is 76.2 cm³/mol. The first-order valence-corrected chi connectivity index (χ1v) is 7.65. The van der Waals surface area contributed by atoms with Crippen molar-refractivity contribution in [2.45, 2.75) is 77.8 Å². The van der Waals surface area contributed by atoms with E-state index in [1.54, 1.807) is 0 Å². The Morgan fingerprint density at radius 3 is 2.00 bits per heavy atom. The van der Waals surface area contributed by atoms with Gasteiger partial charge < -0.3 is 5.73 Å². The minimum Gasteiger partial charge on any atom is -0.326 e. The zero-order valence-corrected chi connectivity index (χ0v) is 12.3. The summed E-state index contributed by atoms with van der Waals surface area (Å²) in [6.07, 6.45) is 7.81. The van der Waals surface area contributed by atoms with E-state index >= 15 is 0 Å². The molecule has 0 aromatic rings. The summed E-state index contributed by atoms with van der Waals surface area (Å²) in [6, 6.07) is 0.345. The number of rotatable bonds is 9. The summed E-state index contributed by atoms with van der Waals surface area (Å²) < 4.78 is 0. The molecule has 1 unspecified atom stereocenters. The molecule has 1 saturated carbocycles. The molecule has 2 nitrogen and oxygen atoms in total. The number of hydrogen-bond acceptors (Lipinski definition) is 2. The Morgan fingerprint density at radius 1 is 1.12 bits per heavy atom. The first-order chi connectivity index (χ1) is 8.14. The third-order valence-electron chi connectivity index (χ3n) is 4.89. The van der Waals surface area contributed by atoms with Crippen molar-refractivity contribution >= 4 is 0 Å². The highest BCUT2D eigenvalue weighted by Crippen LogP contribution is 2.36. The van der Waals surface area contributed by atoms with Crippen molar-refractivity contribution in [2.24, 2.45) is 11.7 Å². The fourth-order valence-electron chi connectivity index (χ4n) is 3.40. The summed E-state index contributed by atoms with van der Waals surface area (Å²) >= 11 is 0. The molecule has 2 N–H and O–H groups in total. The van der Waals surface area contributed by atoms with Crippen molar-refractivity contribution in [1.29, 1.82) is 0 Å². The van der Waals surface area contributed by atoms with E-state index in [0.717, 1.165) is 19.0 Å². The van der Waals surface area contributed by atoms with Crippen molar-refractivity contribution in [2.75, 3.05) is 13.1 Å². The van der Waals surface area contributed by atoms with Crippen LogP contribution in [0.4, 0.5) is 0 Å². The van der Waals surface area contributed by atoms with Crippen molar-refractivity contribution in [3.05, 3.63) is 0 Å². The molecule has 102 valence electrons. The van der Waals surface area contributed by atoms with Gasteiger partial charge in [0, 0.05) is 11.6 Å². The maximum absolute atomic E-state index is 6.56. The van der Waals surface area contributed by atoms with Crippen LogP contribution < -0.4 is 5.73 Å². The quantitative estimate of drug-likeness (QED) is 0.669. The average Bonchev–Trinajstić information content (AvgIpc) is 3.17. The van der Waals surface area contributed by atoms with Crippen molar-refractivity contribution in [3.8, 4) is 0 Å². The van der Waals surface area contributed by atoms with Crippen LogP contribution in [-0.2, 0) is 0 Å². The number of nitrogens with two attached hydrogens (primary N) is 1. The Morgan fingerprint density at radius 2 is 1.65 bits per heavy atom. The Bertz CT molecular complexity index is 203. The van der Waals surface area contributed by atoms with Crippen LogP contribution in [0.25, 0.3) is 0 Å². The molecule has 1 fully saturated rings. The molecule has 0 aliphatic heterocycles. The molecule has 0 aromatic heterocycles. The van der Waals surface area contributed by atoms with Gasteiger partial charge in [0.2, 0.25) is 0 Å². The van der Waals surface area contributed by atoms with Gasteiger partial charge >= 0.3 is 0 Å². The lowest BCUT2D eigenvalue weighted by atomic mass is 9.80. The van der Waals surface area contributed by atoms with Crippen LogP contribution in [0.15, 0.2) is 0 Å². The summed E-state index contributed by atoms with van der Waals surface area (Å²) in [4.78, 5) is 2.59. The smallest absolute Gasteiger partial charge is 0.0354 e. The minimum atomic E-state index is 0.235. The lowest BCUT2D eigenvalue weighted by Gasteiger charge is -2.46. The zero-order valence-electron chi connectivity index (χ0n) is 12.3. The van der Waals surface area contributed by atoms with Crippen LogP contribution in [0, 0.1) is 5.92 Å². The number of nitrogens with zero attached hydrogens (tertiary/aromatic N) is 1. The number of likely N-dealkylation sites (N-methyl/N-ethyl adjacent to an activating group) is 1. The van der Waals surface area contributed by atoms with Crippen LogP contribution in [0.3, 0.4) is 0 Å². The third kappa shape index (κ3) is 3.45. The molecule has 1 aliphatic carbocycles. The van der Waals surface area contributed by atoms with Gasteiger partial charge in [-0.2, -0.15) is 0 Å². The average molecular weight is 240 g/mol. The van der Waals surface area contributed by atoms with Crippen molar-refractivity contribution < 1.29 is 0 Å². The maximum atomic E-state index is 6.56. The highest BCUT2D eigenvalue weighted by Gasteiger charge is 2.38. The lowest BCUT2D eigenvalue weighted by Crippen LogP contribution is -2.59.